The molecule has 116 valence electrons. The molecule has 0 N–H and O–H groups in total. The van der Waals surface area contributed by atoms with Crippen LogP contribution in [0.25, 0.3) is 11.0 Å². The molecule has 0 atom stereocenters. The molecule has 0 saturated carbocycles. The largest absolute Gasteiger partial charge is 0.306 e. The van der Waals surface area contributed by atoms with Gasteiger partial charge in [0.25, 0.3) is 5.91 Å². The molecular weight excluding hydrogens is 308 g/mol. The second-order valence-corrected chi connectivity index (χ2v) is 6.71. The van der Waals surface area contributed by atoms with Gasteiger partial charge in [-0.05, 0) is 25.1 Å². The van der Waals surface area contributed by atoms with Crippen molar-refractivity contribution < 1.29 is 4.79 Å². The predicted molar refractivity (Wildman–Crippen MR) is 92.1 cm³/mol. The Hall–Kier alpha value is -2.34. The first-order valence-electron chi connectivity index (χ1n) is 7.48. The van der Waals surface area contributed by atoms with Crippen molar-refractivity contribution in [2.75, 3.05) is 17.2 Å². The van der Waals surface area contributed by atoms with Gasteiger partial charge in [-0.25, -0.2) is 4.98 Å². The van der Waals surface area contributed by atoms with Crippen LogP contribution in [0.1, 0.15) is 16.1 Å². The van der Waals surface area contributed by atoms with Crippen molar-refractivity contribution in [2.24, 2.45) is 7.05 Å². The lowest BCUT2D eigenvalue weighted by molar-refractivity contribution is 0.0987. The number of amides is 1. The molecule has 1 amide bonds. The number of aryl methyl sites for hydroxylation is 2. The molecule has 0 bridgehead atoms. The monoisotopic (exact) mass is 324 g/mol. The highest BCUT2D eigenvalue weighted by molar-refractivity contribution is 7.99. The summed E-state index contributed by atoms with van der Waals surface area (Å²) in [6.45, 7) is 2.65. The molecule has 3 aromatic rings. The van der Waals surface area contributed by atoms with E-state index < -0.39 is 0 Å². The number of nitrogens with zero attached hydrogens (tertiary/aromatic N) is 4. The van der Waals surface area contributed by atoms with Gasteiger partial charge < -0.3 is 4.90 Å². The maximum atomic E-state index is 13.0. The van der Waals surface area contributed by atoms with Crippen LogP contribution in [0.2, 0.25) is 0 Å². The quantitative estimate of drug-likeness (QED) is 0.690. The van der Waals surface area contributed by atoms with Crippen molar-refractivity contribution in [3.8, 4) is 0 Å². The smallest absolute Gasteiger partial charge is 0.259 e. The predicted octanol–water partition coefficient (Wildman–Crippen LogP) is 3.03. The van der Waals surface area contributed by atoms with Crippen LogP contribution in [0.15, 0.2) is 41.4 Å². The normalized spacial score (nSPS) is 14.1. The summed E-state index contributed by atoms with van der Waals surface area (Å²) in [4.78, 5) is 20.4. The first-order chi connectivity index (χ1) is 11.1. The average molecular weight is 324 g/mol. The van der Waals surface area contributed by atoms with Gasteiger partial charge in [0.2, 0.25) is 0 Å². The van der Waals surface area contributed by atoms with Crippen molar-refractivity contribution in [3.63, 3.8) is 0 Å². The minimum atomic E-state index is -0.00426. The van der Waals surface area contributed by atoms with Crippen molar-refractivity contribution in [3.05, 3.63) is 47.8 Å². The van der Waals surface area contributed by atoms with E-state index in [2.05, 4.69) is 16.1 Å². The number of anilines is 1. The molecule has 1 aliphatic heterocycles. The van der Waals surface area contributed by atoms with E-state index in [0.717, 1.165) is 33.1 Å². The highest BCUT2D eigenvalue weighted by Gasteiger charge is 2.24. The standard InChI is InChI=1S/C17H16N4OS/c1-11-13-9-12(10-18-16(13)20(2)19-11)17(22)21-7-8-23-15-6-4-3-5-14(15)21/h3-6,9-10H,7-8H2,1-2H3. The minimum absolute atomic E-state index is 0.00426. The van der Waals surface area contributed by atoms with Gasteiger partial charge >= 0.3 is 0 Å². The number of carbonyl (C=O) groups is 1. The zero-order valence-corrected chi connectivity index (χ0v) is 13.8. The van der Waals surface area contributed by atoms with E-state index >= 15 is 0 Å². The molecule has 0 saturated heterocycles. The number of hydrogen-bond donors (Lipinski definition) is 0. The topological polar surface area (TPSA) is 51.0 Å². The van der Waals surface area contributed by atoms with Crippen LogP contribution in [0.4, 0.5) is 5.69 Å². The summed E-state index contributed by atoms with van der Waals surface area (Å²) in [5.74, 6) is 0.903. The van der Waals surface area contributed by atoms with Gasteiger partial charge in [-0.3, -0.25) is 9.48 Å². The van der Waals surface area contributed by atoms with Gasteiger partial charge in [0.05, 0.1) is 16.9 Å². The highest BCUT2D eigenvalue weighted by atomic mass is 32.2. The van der Waals surface area contributed by atoms with Crippen LogP contribution in [0, 0.1) is 6.92 Å². The maximum absolute atomic E-state index is 13.0. The number of aromatic nitrogens is 3. The fraction of sp³-hybridized carbons (Fsp3) is 0.235. The molecule has 4 rings (SSSR count). The number of fused-ring (bicyclic) bond motifs is 2. The number of para-hydroxylation sites is 1. The number of rotatable bonds is 1. The van der Waals surface area contributed by atoms with E-state index in [1.165, 1.54) is 0 Å². The Bertz CT molecular complexity index is 918. The summed E-state index contributed by atoms with van der Waals surface area (Å²) >= 11 is 1.79. The number of carbonyl (C=O) groups excluding carboxylic acids is 1. The lowest BCUT2D eigenvalue weighted by Gasteiger charge is -2.28. The number of thioether (sulfide) groups is 1. The fourth-order valence-corrected chi connectivity index (χ4v) is 3.96. The van der Waals surface area contributed by atoms with Crippen LogP contribution in [-0.4, -0.2) is 33.0 Å². The zero-order chi connectivity index (χ0) is 16.0. The summed E-state index contributed by atoms with van der Waals surface area (Å²) in [5.41, 5.74) is 3.28. The van der Waals surface area contributed by atoms with Gasteiger partial charge in [-0.1, -0.05) is 12.1 Å². The van der Waals surface area contributed by atoms with E-state index in [1.807, 2.05) is 43.1 Å². The van der Waals surface area contributed by atoms with Crippen LogP contribution < -0.4 is 4.90 Å². The first kappa shape index (κ1) is 14.3. The Morgan fingerprint density at radius 2 is 2.13 bits per heavy atom. The third-order valence-electron chi connectivity index (χ3n) is 4.08. The van der Waals surface area contributed by atoms with E-state index in [9.17, 15) is 4.79 Å². The van der Waals surface area contributed by atoms with Crippen molar-refractivity contribution >= 4 is 34.4 Å². The maximum Gasteiger partial charge on any atom is 0.259 e. The van der Waals surface area contributed by atoms with E-state index in [1.54, 1.807) is 22.6 Å². The van der Waals surface area contributed by atoms with Crippen molar-refractivity contribution in [2.45, 2.75) is 11.8 Å². The van der Waals surface area contributed by atoms with E-state index in [0.29, 0.717) is 12.1 Å². The second-order valence-electron chi connectivity index (χ2n) is 5.58. The Kier molecular flexibility index (Phi) is 3.34. The zero-order valence-electron chi connectivity index (χ0n) is 13.0. The summed E-state index contributed by atoms with van der Waals surface area (Å²) in [6.07, 6.45) is 1.65. The number of pyridine rings is 1. The van der Waals surface area contributed by atoms with E-state index in [4.69, 9.17) is 0 Å². The SMILES string of the molecule is Cc1nn(C)c2ncc(C(=O)N3CCSc4ccccc43)cc12. The van der Waals surface area contributed by atoms with Gasteiger partial charge in [-0.15, -0.1) is 11.8 Å². The molecule has 2 aromatic heterocycles. The first-order valence-corrected chi connectivity index (χ1v) is 8.47. The van der Waals surface area contributed by atoms with Crippen molar-refractivity contribution in [1.29, 1.82) is 0 Å². The molecule has 0 unspecified atom stereocenters. The third kappa shape index (κ3) is 2.30. The Morgan fingerprint density at radius 3 is 3.00 bits per heavy atom. The molecule has 5 nitrogen and oxygen atoms in total. The Labute approximate surface area is 138 Å². The summed E-state index contributed by atoms with van der Waals surface area (Å²) in [7, 11) is 1.86. The third-order valence-corrected chi connectivity index (χ3v) is 5.13. The molecule has 0 radical (unpaired) electrons. The molecule has 3 heterocycles. The van der Waals surface area contributed by atoms with Gasteiger partial charge in [-0.2, -0.15) is 5.10 Å². The summed E-state index contributed by atoms with van der Waals surface area (Å²) in [6, 6.07) is 9.94. The molecule has 0 fully saturated rings. The summed E-state index contributed by atoms with van der Waals surface area (Å²) < 4.78 is 1.74. The van der Waals surface area contributed by atoms with Crippen LogP contribution >= 0.6 is 11.8 Å². The number of hydrogen-bond acceptors (Lipinski definition) is 4. The van der Waals surface area contributed by atoms with Gasteiger partial charge in [0.1, 0.15) is 0 Å². The molecular formula is C17H16N4OS. The van der Waals surface area contributed by atoms with Crippen LogP contribution in [0.3, 0.4) is 0 Å². The second kappa shape index (κ2) is 5.38. The molecule has 23 heavy (non-hydrogen) atoms. The Morgan fingerprint density at radius 1 is 1.30 bits per heavy atom. The minimum Gasteiger partial charge on any atom is -0.306 e. The summed E-state index contributed by atoms with van der Waals surface area (Å²) in [5, 5.41) is 5.29. The molecule has 1 aliphatic rings. The fourth-order valence-electron chi connectivity index (χ4n) is 2.96. The molecule has 0 aliphatic carbocycles. The average Bonchev–Trinajstić information content (AvgIpc) is 2.87. The lowest BCUT2D eigenvalue weighted by Crippen LogP contribution is -2.35. The van der Waals surface area contributed by atoms with E-state index in [-0.39, 0.29) is 5.91 Å². The lowest BCUT2D eigenvalue weighted by atomic mass is 10.1. The van der Waals surface area contributed by atoms with Gasteiger partial charge in [0.15, 0.2) is 5.65 Å². The van der Waals surface area contributed by atoms with Crippen LogP contribution in [-0.2, 0) is 7.05 Å². The number of benzene rings is 1. The molecule has 1 aromatic carbocycles. The molecule has 6 heteroatoms. The van der Waals surface area contributed by atoms with Crippen molar-refractivity contribution in [1.82, 2.24) is 14.8 Å². The highest BCUT2D eigenvalue weighted by Crippen LogP contribution is 2.35. The molecule has 0 spiro atoms. The Balaban J connectivity index is 1.77. The van der Waals surface area contributed by atoms with Crippen LogP contribution in [0.5, 0.6) is 0 Å². The van der Waals surface area contributed by atoms with Gasteiger partial charge in [0, 0.05) is 35.8 Å².